The van der Waals surface area contributed by atoms with Gasteiger partial charge in [-0.2, -0.15) is 0 Å². The number of amides is 2. The summed E-state index contributed by atoms with van der Waals surface area (Å²) < 4.78 is 30.0. The SMILES string of the molecule is CNC(=O)[C@H](Cc1ccccc1)N(Cc1cccc(Br)c1)C(=O)CN(c1ccc(C)c(Cl)c1)S(=O)(=O)c1ccc(C)cc1. The Morgan fingerprint density at radius 3 is 2.19 bits per heavy atom. The predicted octanol–water partition coefficient (Wildman–Crippen LogP) is 6.30. The van der Waals surface area contributed by atoms with Crippen LogP contribution in [0.2, 0.25) is 5.02 Å². The van der Waals surface area contributed by atoms with E-state index in [0.29, 0.717) is 5.02 Å². The molecule has 0 saturated heterocycles. The van der Waals surface area contributed by atoms with Crippen LogP contribution in [0, 0.1) is 13.8 Å². The van der Waals surface area contributed by atoms with E-state index in [9.17, 15) is 18.0 Å². The van der Waals surface area contributed by atoms with Gasteiger partial charge in [-0.1, -0.05) is 93.8 Å². The Balaban J connectivity index is 1.80. The van der Waals surface area contributed by atoms with Gasteiger partial charge in [-0.3, -0.25) is 13.9 Å². The summed E-state index contributed by atoms with van der Waals surface area (Å²) in [7, 11) is -2.68. The fourth-order valence-electron chi connectivity index (χ4n) is 4.66. The van der Waals surface area contributed by atoms with E-state index in [1.807, 2.05) is 68.4 Å². The lowest BCUT2D eigenvalue weighted by Gasteiger charge is -2.33. The first kappa shape index (κ1) is 32.3. The van der Waals surface area contributed by atoms with Crippen LogP contribution in [-0.4, -0.2) is 44.8 Å². The molecule has 1 N–H and O–H groups in total. The first-order valence-electron chi connectivity index (χ1n) is 13.6. The number of anilines is 1. The van der Waals surface area contributed by atoms with Crippen molar-refractivity contribution >= 4 is 55.1 Å². The summed E-state index contributed by atoms with van der Waals surface area (Å²) in [6.45, 7) is 3.21. The van der Waals surface area contributed by atoms with Crippen LogP contribution in [0.4, 0.5) is 5.69 Å². The zero-order valence-electron chi connectivity index (χ0n) is 24.1. The molecule has 0 unspecified atom stereocenters. The van der Waals surface area contributed by atoms with Crippen LogP contribution in [0.1, 0.15) is 22.3 Å². The van der Waals surface area contributed by atoms with E-state index in [4.69, 9.17) is 11.6 Å². The zero-order valence-corrected chi connectivity index (χ0v) is 27.3. The van der Waals surface area contributed by atoms with Gasteiger partial charge in [0.1, 0.15) is 12.6 Å². The van der Waals surface area contributed by atoms with Crippen molar-refractivity contribution < 1.29 is 18.0 Å². The van der Waals surface area contributed by atoms with Crippen LogP contribution in [0.5, 0.6) is 0 Å². The minimum absolute atomic E-state index is 0.0354. The Kier molecular flexibility index (Phi) is 10.7. The van der Waals surface area contributed by atoms with Gasteiger partial charge < -0.3 is 10.2 Å². The van der Waals surface area contributed by atoms with Crippen molar-refractivity contribution in [2.45, 2.75) is 37.8 Å². The highest BCUT2D eigenvalue weighted by atomic mass is 79.9. The smallest absolute Gasteiger partial charge is 0.264 e. The number of aryl methyl sites for hydroxylation is 2. The second kappa shape index (κ2) is 14.2. The molecule has 2 amide bonds. The molecule has 0 spiro atoms. The Labute approximate surface area is 266 Å². The Morgan fingerprint density at radius 2 is 1.56 bits per heavy atom. The van der Waals surface area contributed by atoms with E-state index in [1.54, 1.807) is 24.3 Å². The van der Waals surface area contributed by atoms with E-state index >= 15 is 0 Å². The average molecular weight is 683 g/mol. The fourth-order valence-corrected chi connectivity index (χ4v) is 6.68. The third-order valence-corrected chi connectivity index (χ3v) is 9.78. The van der Waals surface area contributed by atoms with E-state index in [1.165, 1.54) is 30.1 Å². The minimum Gasteiger partial charge on any atom is -0.357 e. The van der Waals surface area contributed by atoms with Gasteiger partial charge in [0.2, 0.25) is 11.8 Å². The van der Waals surface area contributed by atoms with E-state index < -0.39 is 28.5 Å². The molecule has 0 aliphatic rings. The number of likely N-dealkylation sites (N-methyl/N-ethyl adjacent to an activating group) is 1. The Hall–Kier alpha value is -3.66. The molecule has 0 aliphatic carbocycles. The van der Waals surface area contributed by atoms with Crippen molar-refractivity contribution in [2.24, 2.45) is 0 Å². The van der Waals surface area contributed by atoms with Crippen molar-refractivity contribution in [2.75, 3.05) is 17.9 Å². The molecular formula is C33H33BrClN3O4S. The van der Waals surface area contributed by atoms with Crippen LogP contribution >= 0.6 is 27.5 Å². The van der Waals surface area contributed by atoms with Gasteiger partial charge in [0, 0.05) is 29.5 Å². The molecule has 10 heteroatoms. The number of carbonyl (C=O) groups excluding carboxylic acids is 2. The normalized spacial score (nSPS) is 11.9. The fraction of sp³-hybridized carbons (Fsp3) is 0.212. The summed E-state index contributed by atoms with van der Waals surface area (Å²) in [5.74, 6) is -0.907. The van der Waals surface area contributed by atoms with Crippen molar-refractivity contribution in [1.82, 2.24) is 10.2 Å². The Morgan fingerprint density at radius 1 is 0.884 bits per heavy atom. The molecule has 43 heavy (non-hydrogen) atoms. The molecule has 0 aliphatic heterocycles. The lowest BCUT2D eigenvalue weighted by molar-refractivity contribution is -0.139. The highest BCUT2D eigenvalue weighted by Crippen LogP contribution is 2.29. The number of halogens is 2. The third kappa shape index (κ3) is 8.04. The maximum Gasteiger partial charge on any atom is 0.264 e. The molecule has 0 radical (unpaired) electrons. The molecule has 0 saturated carbocycles. The molecule has 4 aromatic carbocycles. The number of benzene rings is 4. The summed E-state index contributed by atoms with van der Waals surface area (Å²) in [4.78, 5) is 29.2. The quantitative estimate of drug-likeness (QED) is 0.201. The highest BCUT2D eigenvalue weighted by molar-refractivity contribution is 9.10. The lowest BCUT2D eigenvalue weighted by Crippen LogP contribution is -2.53. The number of nitrogens with one attached hydrogen (secondary N) is 1. The predicted molar refractivity (Wildman–Crippen MR) is 175 cm³/mol. The summed E-state index contributed by atoms with van der Waals surface area (Å²) in [5, 5.41) is 3.05. The van der Waals surface area contributed by atoms with E-state index in [-0.39, 0.29) is 29.5 Å². The van der Waals surface area contributed by atoms with E-state index in [2.05, 4.69) is 21.2 Å². The van der Waals surface area contributed by atoms with Gasteiger partial charge in [0.25, 0.3) is 10.0 Å². The number of hydrogen-bond donors (Lipinski definition) is 1. The number of sulfonamides is 1. The van der Waals surface area contributed by atoms with Gasteiger partial charge in [-0.15, -0.1) is 0 Å². The second-order valence-corrected chi connectivity index (χ2v) is 13.4. The number of hydrogen-bond acceptors (Lipinski definition) is 4. The van der Waals surface area contributed by atoms with Crippen LogP contribution < -0.4 is 9.62 Å². The van der Waals surface area contributed by atoms with Gasteiger partial charge >= 0.3 is 0 Å². The van der Waals surface area contributed by atoms with Crippen LogP contribution in [0.15, 0.2) is 106 Å². The van der Waals surface area contributed by atoms with Crippen molar-refractivity contribution in [1.29, 1.82) is 0 Å². The van der Waals surface area contributed by atoms with E-state index in [0.717, 1.165) is 31.0 Å². The standard InChI is InChI=1S/C33H33BrClN3O4S/c1-23-12-16-29(17-13-23)43(41,42)38(28-15-14-24(2)30(35)20-28)22-32(39)37(21-26-10-7-11-27(34)18-26)31(33(40)36-3)19-25-8-5-4-6-9-25/h4-18,20,31H,19,21-22H2,1-3H3,(H,36,40)/t31-/m0/s1. The third-order valence-electron chi connectivity index (χ3n) is 7.09. The average Bonchev–Trinajstić information content (AvgIpc) is 2.99. The van der Waals surface area contributed by atoms with Crippen LogP contribution in [-0.2, 0) is 32.6 Å². The van der Waals surface area contributed by atoms with Gasteiger partial charge in [-0.05, 0) is 66.9 Å². The van der Waals surface area contributed by atoms with Crippen molar-refractivity contribution in [3.63, 3.8) is 0 Å². The molecule has 0 heterocycles. The molecule has 0 aromatic heterocycles. The minimum atomic E-state index is -4.20. The Bertz CT molecular complexity index is 1700. The molecule has 0 fully saturated rings. The van der Waals surface area contributed by atoms with Gasteiger partial charge in [0.05, 0.1) is 10.6 Å². The van der Waals surface area contributed by atoms with Crippen molar-refractivity contribution in [3.05, 3.63) is 129 Å². The topological polar surface area (TPSA) is 86.8 Å². The first-order chi connectivity index (χ1) is 20.5. The van der Waals surface area contributed by atoms with Gasteiger partial charge in [-0.25, -0.2) is 8.42 Å². The molecule has 7 nitrogen and oxygen atoms in total. The molecule has 4 rings (SSSR count). The monoisotopic (exact) mass is 681 g/mol. The zero-order chi connectivity index (χ0) is 31.1. The van der Waals surface area contributed by atoms with Crippen LogP contribution in [0.25, 0.3) is 0 Å². The van der Waals surface area contributed by atoms with Crippen molar-refractivity contribution in [3.8, 4) is 0 Å². The molecule has 0 bridgehead atoms. The molecule has 4 aromatic rings. The maximum absolute atomic E-state index is 14.3. The number of carbonyl (C=O) groups is 2. The summed E-state index contributed by atoms with van der Waals surface area (Å²) >= 11 is 9.90. The molecule has 224 valence electrons. The molecular weight excluding hydrogens is 650 g/mol. The summed E-state index contributed by atoms with van der Waals surface area (Å²) in [5.41, 5.74) is 3.54. The number of nitrogens with zero attached hydrogens (tertiary/aromatic N) is 2. The summed E-state index contributed by atoms with van der Waals surface area (Å²) in [6, 6.07) is 27.2. The first-order valence-corrected chi connectivity index (χ1v) is 16.3. The largest absolute Gasteiger partial charge is 0.357 e. The lowest BCUT2D eigenvalue weighted by atomic mass is 10.0. The van der Waals surface area contributed by atoms with Crippen LogP contribution in [0.3, 0.4) is 0 Å². The second-order valence-electron chi connectivity index (χ2n) is 10.2. The highest BCUT2D eigenvalue weighted by Gasteiger charge is 2.34. The van der Waals surface area contributed by atoms with Gasteiger partial charge in [0.15, 0.2) is 0 Å². The molecule has 1 atom stereocenters. The maximum atomic E-state index is 14.3. The number of rotatable bonds is 11. The summed E-state index contributed by atoms with van der Waals surface area (Å²) in [6.07, 6.45) is 0.237.